The van der Waals surface area contributed by atoms with E-state index in [1.807, 2.05) is 19.9 Å². The van der Waals surface area contributed by atoms with Crippen LogP contribution in [0.2, 0.25) is 0 Å². The molecule has 26 heavy (non-hydrogen) atoms. The third-order valence-electron chi connectivity index (χ3n) is 3.99. The van der Waals surface area contributed by atoms with Gasteiger partial charge in [0.25, 0.3) is 0 Å². The first-order valence-electron chi connectivity index (χ1n) is 9.69. The Hall–Kier alpha value is -1.89. The third-order valence-corrected chi connectivity index (χ3v) is 3.99. The Balaban J connectivity index is 4.40. The summed E-state index contributed by atoms with van der Waals surface area (Å²) in [6, 6.07) is 0. The Labute approximate surface area is 162 Å². The normalized spacial score (nSPS) is 13.1. The van der Waals surface area contributed by atoms with Crippen LogP contribution in [-0.4, -0.2) is 5.78 Å². The maximum atomic E-state index is 12.0. The second kappa shape index (κ2) is 14.3. The summed E-state index contributed by atoms with van der Waals surface area (Å²) in [6.07, 6.45) is 19.3. The topological polar surface area (TPSA) is 17.1 Å². The lowest BCUT2D eigenvalue weighted by molar-refractivity contribution is -0.110. The molecule has 0 saturated heterocycles. The molecule has 0 aromatic rings. The standard InChI is InChI=1S/C25H38O/c1-20(2)11-8-13-22(5)14-10-15-23(6)17-18-25(26)19-24(7)16-9-12-21(3)4/h11-12,14-15,17-19H,8-10,13,16H2,1-7H3/b18-17+,22-14+,23-15+,24-19+. The van der Waals surface area contributed by atoms with E-state index in [9.17, 15) is 4.79 Å². The number of carbonyl (C=O) groups is 1. The third kappa shape index (κ3) is 15.6. The zero-order chi connectivity index (χ0) is 19.9. The van der Waals surface area contributed by atoms with Crippen LogP contribution in [0.1, 0.15) is 80.6 Å². The van der Waals surface area contributed by atoms with Crippen LogP contribution in [0.15, 0.2) is 70.4 Å². The maximum Gasteiger partial charge on any atom is 0.178 e. The second-order valence-corrected chi connectivity index (χ2v) is 7.60. The fraction of sp³-hybridized carbons (Fsp3) is 0.480. The van der Waals surface area contributed by atoms with E-state index in [4.69, 9.17) is 0 Å². The Kier molecular flexibility index (Phi) is 13.3. The first-order valence-corrected chi connectivity index (χ1v) is 9.69. The molecule has 0 radical (unpaired) electrons. The average Bonchev–Trinajstić information content (AvgIpc) is 2.52. The smallest absolute Gasteiger partial charge is 0.178 e. The minimum absolute atomic E-state index is 0.0703. The zero-order valence-electron chi connectivity index (χ0n) is 18.0. The summed E-state index contributed by atoms with van der Waals surface area (Å²) in [5.74, 6) is 0.0703. The lowest BCUT2D eigenvalue weighted by Crippen LogP contribution is -1.89. The Morgan fingerprint density at radius 2 is 1.19 bits per heavy atom. The minimum Gasteiger partial charge on any atom is -0.290 e. The molecule has 0 bridgehead atoms. The highest BCUT2D eigenvalue weighted by atomic mass is 16.1. The Morgan fingerprint density at radius 3 is 1.73 bits per heavy atom. The van der Waals surface area contributed by atoms with Crippen molar-refractivity contribution in [2.24, 2.45) is 0 Å². The van der Waals surface area contributed by atoms with E-state index in [0.717, 1.165) is 43.3 Å². The lowest BCUT2D eigenvalue weighted by atomic mass is 10.1. The highest BCUT2D eigenvalue weighted by Crippen LogP contribution is 2.10. The number of rotatable bonds is 11. The Bertz CT molecular complexity index is 611. The average molecular weight is 355 g/mol. The van der Waals surface area contributed by atoms with Crippen molar-refractivity contribution >= 4 is 5.78 Å². The van der Waals surface area contributed by atoms with Crippen molar-refractivity contribution in [2.75, 3.05) is 0 Å². The highest BCUT2D eigenvalue weighted by Gasteiger charge is 1.95. The maximum absolute atomic E-state index is 12.0. The molecular weight excluding hydrogens is 316 g/mol. The van der Waals surface area contributed by atoms with Gasteiger partial charge in [0.15, 0.2) is 5.78 Å². The van der Waals surface area contributed by atoms with E-state index < -0.39 is 0 Å². The number of allylic oxidation sites excluding steroid dienone is 12. The van der Waals surface area contributed by atoms with Gasteiger partial charge in [0.2, 0.25) is 0 Å². The molecule has 0 heterocycles. The zero-order valence-corrected chi connectivity index (χ0v) is 18.0. The number of hydrogen-bond donors (Lipinski definition) is 0. The predicted octanol–water partition coefficient (Wildman–Crippen LogP) is 7.83. The molecule has 1 nitrogen and oxygen atoms in total. The quantitative estimate of drug-likeness (QED) is 0.210. The number of carbonyl (C=O) groups excluding carboxylic acids is 1. The predicted molar refractivity (Wildman–Crippen MR) is 117 cm³/mol. The molecule has 144 valence electrons. The van der Waals surface area contributed by atoms with Crippen molar-refractivity contribution in [3.05, 3.63) is 70.4 Å². The molecule has 0 amide bonds. The van der Waals surface area contributed by atoms with E-state index in [-0.39, 0.29) is 5.78 Å². The van der Waals surface area contributed by atoms with Crippen LogP contribution in [0.4, 0.5) is 0 Å². The van der Waals surface area contributed by atoms with Crippen molar-refractivity contribution in [3.63, 3.8) is 0 Å². The van der Waals surface area contributed by atoms with E-state index in [1.165, 1.54) is 16.7 Å². The molecular formula is C25H38O. The largest absolute Gasteiger partial charge is 0.290 e. The summed E-state index contributed by atoms with van der Waals surface area (Å²) in [7, 11) is 0. The van der Waals surface area contributed by atoms with E-state index >= 15 is 0 Å². The molecule has 1 heteroatoms. The SMILES string of the molecule is CC(C)=CCC/C(C)=C/C/C=C(C)/C=C/C(=O)/C=C(\C)CCC=C(C)C. The van der Waals surface area contributed by atoms with Crippen molar-refractivity contribution in [1.82, 2.24) is 0 Å². The van der Waals surface area contributed by atoms with Crippen LogP contribution in [0, 0.1) is 0 Å². The van der Waals surface area contributed by atoms with Gasteiger partial charge in [-0.3, -0.25) is 4.79 Å². The van der Waals surface area contributed by atoms with Crippen LogP contribution in [-0.2, 0) is 4.79 Å². The van der Waals surface area contributed by atoms with Gasteiger partial charge in [0.05, 0.1) is 0 Å². The molecule has 0 aromatic carbocycles. The van der Waals surface area contributed by atoms with Crippen molar-refractivity contribution in [2.45, 2.75) is 80.6 Å². The van der Waals surface area contributed by atoms with Crippen LogP contribution in [0.5, 0.6) is 0 Å². The van der Waals surface area contributed by atoms with Crippen molar-refractivity contribution in [1.29, 1.82) is 0 Å². The molecule has 0 saturated carbocycles. The Morgan fingerprint density at radius 1 is 0.654 bits per heavy atom. The second-order valence-electron chi connectivity index (χ2n) is 7.60. The van der Waals surface area contributed by atoms with E-state index in [1.54, 1.807) is 12.2 Å². The van der Waals surface area contributed by atoms with Gasteiger partial charge in [-0.25, -0.2) is 0 Å². The summed E-state index contributed by atoms with van der Waals surface area (Å²) < 4.78 is 0. The number of hydrogen-bond acceptors (Lipinski definition) is 1. The highest BCUT2D eigenvalue weighted by molar-refractivity contribution is 5.99. The van der Waals surface area contributed by atoms with Crippen LogP contribution in [0.3, 0.4) is 0 Å². The summed E-state index contributed by atoms with van der Waals surface area (Å²) in [6.45, 7) is 14.7. The van der Waals surface area contributed by atoms with Crippen LogP contribution in [0.25, 0.3) is 0 Å². The van der Waals surface area contributed by atoms with Gasteiger partial charge in [-0.15, -0.1) is 0 Å². The fourth-order valence-electron chi connectivity index (χ4n) is 2.37. The molecule has 0 N–H and O–H groups in total. The molecule has 0 rings (SSSR count). The van der Waals surface area contributed by atoms with Gasteiger partial charge in [0, 0.05) is 0 Å². The van der Waals surface area contributed by atoms with E-state index in [0.29, 0.717) is 0 Å². The van der Waals surface area contributed by atoms with Crippen molar-refractivity contribution in [3.8, 4) is 0 Å². The van der Waals surface area contributed by atoms with Gasteiger partial charge in [0.1, 0.15) is 0 Å². The number of ketones is 1. The van der Waals surface area contributed by atoms with Gasteiger partial charge in [-0.1, -0.05) is 58.2 Å². The molecule has 0 fully saturated rings. The summed E-state index contributed by atoms with van der Waals surface area (Å²) in [4.78, 5) is 12.0. The summed E-state index contributed by atoms with van der Waals surface area (Å²) in [5, 5.41) is 0. The summed E-state index contributed by atoms with van der Waals surface area (Å²) >= 11 is 0. The van der Waals surface area contributed by atoms with Gasteiger partial charge in [-0.05, 0) is 92.7 Å². The lowest BCUT2D eigenvalue weighted by Gasteiger charge is -1.98. The first-order chi connectivity index (χ1) is 12.2. The molecule has 0 atom stereocenters. The fourth-order valence-corrected chi connectivity index (χ4v) is 2.37. The van der Waals surface area contributed by atoms with Crippen molar-refractivity contribution < 1.29 is 4.79 Å². The minimum atomic E-state index is 0.0703. The van der Waals surface area contributed by atoms with Gasteiger partial charge < -0.3 is 0 Å². The monoisotopic (exact) mass is 354 g/mol. The molecule has 0 spiro atoms. The first kappa shape index (κ1) is 24.1. The van der Waals surface area contributed by atoms with Crippen LogP contribution >= 0.6 is 0 Å². The molecule has 0 aliphatic rings. The van der Waals surface area contributed by atoms with Gasteiger partial charge in [-0.2, -0.15) is 0 Å². The molecule has 0 aromatic heterocycles. The molecule has 0 aliphatic heterocycles. The van der Waals surface area contributed by atoms with Crippen LogP contribution < -0.4 is 0 Å². The summed E-state index contributed by atoms with van der Waals surface area (Å²) in [5.41, 5.74) is 6.38. The van der Waals surface area contributed by atoms with Gasteiger partial charge >= 0.3 is 0 Å². The molecule has 0 unspecified atom stereocenters. The van der Waals surface area contributed by atoms with E-state index in [2.05, 4.69) is 58.9 Å². The molecule has 0 aliphatic carbocycles.